The van der Waals surface area contributed by atoms with E-state index in [1.165, 1.54) is 24.0 Å². The number of ether oxygens (including phenoxy) is 1. The molecule has 0 aromatic heterocycles. The molecule has 0 unspecified atom stereocenters. The van der Waals surface area contributed by atoms with E-state index in [-0.39, 0.29) is 0 Å². The van der Waals surface area contributed by atoms with Crippen molar-refractivity contribution >= 4 is 16.0 Å². The molecule has 0 bridgehead atoms. The number of carbonyl (C=O) groups is 1. The predicted molar refractivity (Wildman–Crippen MR) is 98.6 cm³/mol. The van der Waals surface area contributed by atoms with E-state index in [0.717, 1.165) is 17.5 Å². The van der Waals surface area contributed by atoms with Gasteiger partial charge < -0.3 is 4.74 Å². The van der Waals surface area contributed by atoms with Crippen molar-refractivity contribution in [2.24, 2.45) is 0 Å². The average molecular weight is 361 g/mol. The number of hydrogen-bond acceptors (Lipinski definition) is 4. The molecule has 0 spiro atoms. The first kappa shape index (κ1) is 19.1. The fraction of sp³-hybridized carbons (Fsp3) is 0.316. The lowest BCUT2D eigenvalue weighted by atomic mass is 10.0. The highest BCUT2D eigenvalue weighted by molar-refractivity contribution is 7.89. The van der Waals surface area contributed by atoms with Gasteiger partial charge in [-0.1, -0.05) is 54.6 Å². The van der Waals surface area contributed by atoms with E-state index < -0.39 is 21.7 Å². The van der Waals surface area contributed by atoms with Crippen LogP contribution in [0, 0.1) is 0 Å². The molecule has 0 aliphatic heterocycles. The molecule has 134 valence electrons. The van der Waals surface area contributed by atoms with Crippen molar-refractivity contribution in [1.29, 1.82) is 0 Å². The van der Waals surface area contributed by atoms with Gasteiger partial charge in [-0.2, -0.15) is 0 Å². The van der Waals surface area contributed by atoms with Crippen molar-refractivity contribution in [3.63, 3.8) is 0 Å². The predicted octanol–water partition coefficient (Wildman–Crippen LogP) is 2.72. The standard InChI is InChI=1S/C19H23NO4S/c1-20(25(22,23)15-19(21)24-2)14-6-7-16-10-12-18(13-11-16)17-8-4-3-5-9-17/h3-5,8-13H,6-7,14-15H2,1-2H3. The molecule has 5 nitrogen and oxygen atoms in total. The van der Waals surface area contributed by atoms with E-state index >= 15 is 0 Å². The van der Waals surface area contributed by atoms with E-state index in [4.69, 9.17) is 0 Å². The summed E-state index contributed by atoms with van der Waals surface area (Å²) in [6.07, 6.45) is 1.45. The van der Waals surface area contributed by atoms with Gasteiger partial charge in [-0.3, -0.25) is 4.79 Å². The van der Waals surface area contributed by atoms with E-state index in [1.807, 2.05) is 18.2 Å². The molecule has 0 aliphatic carbocycles. The zero-order valence-corrected chi connectivity index (χ0v) is 15.3. The zero-order chi connectivity index (χ0) is 18.3. The van der Waals surface area contributed by atoms with Crippen LogP contribution in [0.2, 0.25) is 0 Å². The van der Waals surface area contributed by atoms with Crippen LogP contribution in [-0.4, -0.2) is 45.1 Å². The summed E-state index contributed by atoms with van der Waals surface area (Å²) < 4.78 is 29.6. The maximum absolute atomic E-state index is 12.0. The molecule has 0 heterocycles. The van der Waals surface area contributed by atoms with Crippen molar-refractivity contribution < 1.29 is 17.9 Å². The van der Waals surface area contributed by atoms with Gasteiger partial charge in [-0.25, -0.2) is 12.7 Å². The summed E-state index contributed by atoms with van der Waals surface area (Å²) in [5, 5.41) is 0. The topological polar surface area (TPSA) is 63.7 Å². The number of hydrogen-bond donors (Lipinski definition) is 0. The molecular weight excluding hydrogens is 338 g/mol. The summed E-state index contributed by atoms with van der Waals surface area (Å²) in [5.41, 5.74) is 3.48. The SMILES string of the molecule is COC(=O)CS(=O)(=O)N(C)CCCc1ccc(-c2ccccc2)cc1. The van der Waals surface area contributed by atoms with Crippen molar-refractivity contribution in [3.05, 3.63) is 60.2 Å². The van der Waals surface area contributed by atoms with Gasteiger partial charge in [0.1, 0.15) is 0 Å². The molecule has 2 aromatic carbocycles. The Kier molecular flexibility index (Phi) is 6.73. The molecule has 6 heteroatoms. The summed E-state index contributed by atoms with van der Waals surface area (Å²) in [6, 6.07) is 18.4. The van der Waals surface area contributed by atoms with Gasteiger partial charge in [0.25, 0.3) is 0 Å². The third kappa shape index (κ3) is 5.69. The zero-order valence-electron chi connectivity index (χ0n) is 14.5. The summed E-state index contributed by atoms with van der Waals surface area (Å²) >= 11 is 0. The Hall–Kier alpha value is -2.18. The van der Waals surface area contributed by atoms with Crippen LogP contribution < -0.4 is 0 Å². The monoisotopic (exact) mass is 361 g/mol. The fourth-order valence-electron chi connectivity index (χ4n) is 2.46. The Bertz CT molecular complexity index is 786. The number of methoxy groups -OCH3 is 1. The average Bonchev–Trinajstić information content (AvgIpc) is 2.62. The van der Waals surface area contributed by atoms with E-state index in [0.29, 0.717) is 13.0 Å². The largest absolute Gasteiger partial charge is 0.468 e. The van der Waals surface area contributed by atoms with E-state index in [2.05, 4.69) is 41.1 Å². The Morgan fingerprint density at radius 1 is 1.00 bits per heavy atom. The molecule has 0 atom stereocenters. The van der Waals surface area contributed by atoms with Gasteiger partial charge in [0.05, 0.1) is 7.11 Å². The molecule has 0 saturated carbocycles. The minimum Gasteiger partial charge on any atom is -0.468 e. The second kappa shape index (κ2) is 8.78. The third-order valence-corrected chi connectivity index (χ3v) is 5.74. The molecule has 0 saturated heterocycles. The van der Waals surface area contributed by atoms with Crippen molar-refractivity contribution in [1.82, 2.24) is 4.31 Å². The van der Waals surface area contributed by atoms with Crippen LogP contribution in [-0.2, 0) is 26.0 Å². The second-order valence-corrected chi connectivity index (χ2v) is 7.90. The summed E-state index contributed by atoms with van der Waals surface area (Å²) in [5.74, 6) is -1.37. The van der Waals surface area contributed by atoms with Crippen molar-refractivity contribution in [3.8, 4) is 11.1 Å². The van der Waals surface area contributed by atoms with Crippen LogP contribution in [0.15, 0.2) is 54.6 Å². The van der Waals surface area contributed by atoms with Crippen LogP contribution in [0.3, 0.4) is 0 Å². The smallest absolute Gasteiger partial charge is 0.322 e. The molecule has 0 radical (unpaired) electrons. The highest BCUT2D eigenvalue weighted by Crippen LogP contribution is 2.19. The third-order valence-electron chi connectivity index (χ3n) is 4.00. The fourth-order valence-corrected chi connectivity index (χ4v) is 3.50. The summed E-state index contributed by atoms with van der Waals surface area (Å²) in [4.78, 5) is 11.1. The highest BCUT2D eigenvalue weighted by Gasteiger charge is 2.22. The van der Waals surface area contributed by atoms with Crippen LogP contribution in [0.1, 0.15) is 12.0 Å². The number of rotatable bonds is 8. The molecule has 0 aliphatic rings. The Balaban J connectivity index is 1.86. The van der Waals surface area contributed by atoms with Crippen molar-refractivity contribution in [2.75, 3.05) is 26.5 Å². The Labute approximate surface area is 149 Å². The van der Waals surface area contributed by atoms with Gasteiger partial charge in [0.15, 0.2) is 5.75 Å². The lowest BCUT2D eigenvalue weighted by molar-refractivity contribution is -0.137. The van der Waals surface area contributed by atoms with E-state index in [1.54, 1.807) is 0 Å². The summed E-state index contributed by atoms with van der Waals surface area (Å²) in [7, 11) is -0.950. The molecule has 0 fully saturated rings. The Morgan fingerprint density at radius 2 is 1.60 bits per heavy atom. The molecular formula is C19H23NO4S. The van der Waals surface area contributed by atoms with Gasteiger partial charge in [-0.05, 0) is 29.5 Å². The second-order valence-electron chi connectivity index (χ2n) is 5.82. The van der Waals surface area contributed by atoms with Crippen LogP contribution in [0.4, 0.5) is 0 Å². The number of nitrogens with zero attached hydrogens (tertiary/aromatic N) is 1. The van der Waals surface area contributed by atoms with Crippen molar-refractivity contribution in [2.45, 2.75) is 12.8 Å². The number of carbonyl (C=O) groups excluding carboxylic acids is 1. The summed E-state index contributed by atoms with van der Waals surface area (Å²) in [6.45, 7) is 0.361. The van der Waals surface area contributed by atoms with Gasteiger partial charge in [0.2, 0.25) is 10.0 Å². The molecule has 0 N–H and O–H groups in total. The first-order chi connectivity index (χ1) is 11.9. The van der Waals surface area contributed by atoms with Gasteiger partial charge in [0, 0.05) is 13.6 Å². The maximum atomic E-state index is 12.0. The van der Waals surface area contributed by atoms with Crippen LogP contribution in [0.25, 0.3) is 11.1 Å². The molecule has 25 heavy (non-hydrogen) atoms. The Morgan fingerprint density at radius 3 is 2.20 bits per heavy atom. The normalized spacial score (nSPS) is 11.5. The highest BCUT2D eigenvalue weighted by atomic mass is 32.2. The first-order valence-corrected chi connectivity index (χ1v) is 9.68. The molecule has 2 rings (SSSR count). The maximum Gasteiger partial charge on any atom is 0.322 e. The number of aryl methyl sites for hydroxylation is 1. The lowest BCUT2D eigenvalue weighted by Gasteiger charge is -2.16. The first-order valence-electron chi connectivity index (χ1n) is 8.07. The van der Waals surface area contributed by atoms with Gasteiger partial charge in [-0.15, -0.1) is 0 Å². The molecule has 2 aromatic rings. The quantitative estimate of drug-likeness (QED) is 0.678. The number of benzene rings is 2. The lowest BCUT2D eigenvalue weighted by Crippen LogP contribution is -2.33. The van der Waals surface area contributed by atoms with Gasteiger partial charge >= 0.3 is 5.97 Å². The number of esters is 1. The van der Waals surface area contributed by atoms with Crippen LogP contribution in [0.5, 0.6) is 0 Å². The minimum absolute atomic E-state index is 0.361. The van der Waals surface area contributed by atoms with Crippen LogP contribution >= 0.6 is 0 Å². The number of sulfonamides is 1. The molecule has 0 amide bonds. The van der Waals surface area contributed by atoms with E-state index in [9.17, 15) is 13.2 Å². The minimum atomic E-state index is -3.61.